The van der Waals surface area contributed by atoms with Crippen molar-refractivity contribution in [1.82, 2.24) is 0 Å². The highest BCUT2D eigenvalue weighted by atomic mass is 32.2. The maximum absolute atomic E-state index is 12.5. The van der Waals surface area contributed by atoms with Gasteiger partial charge in [0, 0.05) is 5.41 Å². The molecule has 0 amide bonds. The van der Waals surface area contributed by atoms with Crippen LogP contribution in [0.15, 0.2) is 47.4 Å². The summed E-state index contributed by atoms with van der Waals surface area (Å²) in [6.45, 7) is 2.03. The van der Waals surface area contributed by atoms with Crippen LogP contribution in [0.2, 0.25) is 0 Å². The van der Waals surface area contributed by atoms with E-state index in [4.69, 9.17) is 0 Å². The fourth-order valence-electron chi connectivity index (χ4n) is 1.97. The topological polar surface area (TPSA) is 34.1 Å². The fourth-order valence-corrected chi connectivity index (χ4v) is 2.70. The first-order chi connectivity index (χ1) is 10.8. The Morgan fingerprint density at radius 2 is 1.74 bits per heavy atom. The zero-order valence-corrected chi connectivity index (χ0v) is 13.8. The van der Waals surface area contributed by atoms with Crippen LogP contribution in [0.25, 0.3) is 6.08 Å². The molecule has 1 aromatic carbocycles. The minimum absolute atomic E-state index is 0.169. The average molecular weight is 346 g/mol. The van der Waals surface area contributed by atoms with E-state index >= 15 is 0 Å². The first kappa shape index (κ1) is 19.5. The van der Waals surface area contributed by atoms with Crippen molar-refractivity contribution in [2.24, 2.45) is 0 Å². The molecule has 23 heavy (non-hydrogen) atoms. The molecular weight excluding hydrogens is 325 g/mol. The van der Waals surface area contributed by atoms with E-state index in [0.29, 0.717) is 18.2 Å². The van der Waals surface area contributed by atoms with E-state index in [0.717, 1.165) is 24.8 Å². The second kappa shape index (κ2) is 8.91. The first-order valence-electron chi connectivity index (χ1n) is 7.51. The van der Waals surface area contributed by atoms with E-state index < -0.39 is 15.3 Å². The van der Waals surface area contributed by atoms with Crippen molar-refractivity contribution in [2.75, 3.05) is 0 Å². The van der Waals surface area contributed by atoms with Crippen molar-refractivity contribution in [2.45, 2.75) is 44.5 Å². The smallest absolute Gasteiger partial charge is 0.215 e. The predicted molar refractivity (Wildman–Crippen MR) is 87.3 cm³/mol. The molecule has 0 bridgehead atoms. The molecule has 0 saturated heterocycles. The number of rotatable bonds is 8. The van der Waals surface area contributed by atoms with Gasteiger partial charge in [0.25, 0.3) is 9.84 Å². The van der Waals surface area contributed by atoms with Gasteiger partial charge < -0.3 is 0 Å². The molecule has 0 atom stereocenters. The molecule has 1 aromatic rings. The zero-order valence-electron chi connectivity index (χ0n) is 13.0. The van der Waals surface area contributed by atoms with E-state index in [2.05, 4.69) is 0 Å². The molecule has 128 valence electrons. The summed E-state index contributed by atoms with van der Waals surface area (Å²) in [4.78, 5) is 0. The van der Waals surface area contributed by atoms with Gasteiger partial charge in [-0.2, -0.15) is 13.2 Å². The maximum Gasteiger partial charge on any atom is 0.501 e. The van der Waals surface area contributed by atoms with E-state index in [1.54, 1.807) is 30.3 Å². The molecule has 2 nitrogen and oxygen atoms in total. The normalized spacial score (nSPS) is 13.7. The fraction of sp³-hybridized carbons (Fsp3) is 0.412. The summed E-state index contributed by atoms with van der Waals surface area (Å²) in [6.07, 6.45) is 6.87. The molecule has 0 fully saturated rings. The van der Waals surface area contributed by atoms with Crippen LogP contribution in [0.1, 0.15) is 44.6 Å². The Balaban J connectivity index is 2.95. The highest BCUT2D eigenvalue weighted by molar-refractivity contribution is 7.95. The van der Waals surface area contributed by atoms with Gasteiger partial charge in [-0.1, -0.05) is 68.7 Å². The molecule has 6 heteroatoms. The molecule has 0 N–H and O–H groups in total. The van der Waals surface area contributed by atoms with E-state index in [9.17, 15) is 21.6 Å². The van der Waals surface area contributed by atoms with Gasteiger partial charge in [0.15, 0.2) is 0 Å². The Kier molecular flexibility index (Phi) is 7.55. The first-order valence-corrected chi connectivity index (χ1v) is 9.06. The third kappa shape index (κ3) is 7.03. The summed E-state index contributed by atoms with van der Waals surface area (Å²) in [5.74, 6) is 0. The van der Waals surface area contributed by atoms with Crippen molar-refractivity contribution in [3.05, 3.63) is 53.0 Å². The Morgan fingerprint density at radius 1 is 1.09 bits per heavy atom. The molecule has 0 heterocycles. The molecular formula is C17H21F3O2S. The van der Waals surface area contributed by atoms with Gasteiger partial charge in [-0.05, 0) is 24.0 Å². The Labute approximate surface area is 135 Å². The molecule has 0 aliphatic heterocycles. The average Bonchev–Trinajstić information content (AvgIpc) is 2.48. The van der Waals surface area contributed by atoms with Crippen LogP contribution in [-0.2, 0) is 9.84 Å². The number of alkyl halides is 3. The second-order valence-electron chi connectivity index (χ2n) is 5.24. The summed E-state index contributed by atoms with van der Waals surface area (Å²) in [6, 6.07) is 9.02. The molecule has 0 aromatic heterocycles. The number of hydrogen-bond acceptors (Lipinski definition) is 2. The van der Waals surface area contributed by atoms with E-state index in [1.807, 2.05) is 13.0 Å². The van der Waals surface area contributed by atoms with Gasteiger partial charge in [-0.3, -0.25) is 0 Å². The summed E-state index contributed by atoms with van der Waals surface area (Å²) in [5, 5.41) is 0.346. The summed E-state index contributed by atoms with van der Waals surface area (Å²) in [5.41, 5.74) is -4.29. The van der Waals surface area contributed by atoms with Crippen molar-refractivity contribution in [3.8, 4) is 0 Å². The lowest BCUT2D eigenvalue weighted by molar-refractivity contribution is -0.0423. The number of benzene rings is 1. The van der Waals surface area contributed by atoms with Gasteiger partial charge in [0.1, 0.15) is 0 Å². The number of allylic oxidation sites excluding steroid dienone is 2. The molecule has 0 saturated carbocycles. The van der Waals surface area contributed by atoms with E-state index in [1.165, 1.54) is 6.08 Å². The highest BCUT2D eigenvalue weighted by Crippen LogP contribution is 2.27. The minimum Gasteiger partial charge on any atom is -0.215 e. The van der Waals surface area contributed by atoms with E-state index in [-0.39, 0.29) is 5.57 Å². The van der Waals surface area contributed by atoms with Gasteiger partial charge in [0.05, 0.1) is 0 Å². The minimum atomic E-state index is -5.26. The Hall–Kier alpha value is -1.56. The number of hydrogen-bond donors (Lipinski definition) is 0. The van der Waals surface area contributed by atoms with Crippen LogP contribution in [0, 0.1) is 0 Å². The van der Waals surface area contributed by atoms with Crippen LogP contribution < -0.4 is 0 Å². The third-order valence-corrected chi connectivity index (χ3v) is 4.50. The molecule has 0 aliphatic rings. The number of halogens is 3. The molecule has 0 spiro atoms. The summed E-state index contributed by atoms with van der Waals surface area (Å²) >= 11 is 0. The quantitative estimate of drug-likeness (QED) is 0.461. The highest BCUT2D eigenvalue weighted by Gasteiger charge is 2.44. The molecule has 0 unspecified atom stereocenters. The second-order valence-corrected chi connectivity index (χ2v) is 7.03. The van der Waals surface area contributed by atoms with Crippen molar-refractivity contribution in [3.63, 3.8) is 0 Å². The third-order valence-electron chi connectivity index (χ3n) is 3.24. The van der Waals surface area contributed by atoms with Crippen LogP contribution in [0.3, 0.4) is 0 Å². The lowest BCUT2D eigenvalue weighted by Crippen LogP contribution is -2.20. The Bertz CT molecular complexity index is 630. The van der Waals surface area contributed by atoms with Crippen LogP contribution >= 0.6 is 0 Å². The van der Waals surface area contributed by atoms with Crippen LogP contribution in [0.4, 0.5) is 13.2 Å². The monoisotopic (exact) mass is 346 g/mol. The maximum atomic E-state index is 12.5. The van der Waals surface area contributed by atoms with Crippen molar-refractivity contribution < 1.29 is 21.6 Å². The number of unbranched alkanes of at least 4 members (excludes halogenated alkanes) is 3. The molecule has 1 rings (SSSR count). The predicted octanol–water partition coefficient (Wildman–Crippen LogP) is 5.49. The van der Waals surface area contributed by atoms with Crippen LogP contribution in [0.5, 0.6) is 0 Å². The Morgan fingerprint density at radius 3 is 2.30 bits per heavy atom. The van der Waals surface area contributed by atoms with Crippen molar-refractivity contribution in [1.29, 1.82) is 0 Å². The SMILES string of the molecule is CCCCCCC(/C=C/c1ccccc1)=C\S(=O)(=O)C(F)(F)F. The van der Waals surface area contributed by atoms with Crippen LogP contribution in [-0.4, -0.2) is 13.9 Å². The van der Waals surface area contributed by atoms with Gasteiger partial charge >= 0.3 is 5.51 Å². The summed E-state index contributed by atoms with van der Waals surface area (Å²) < 4.78 is 60.3. The standard InChI is InChI=1S/C17H21F3O2S/c1-2-3-4-6-11-16(14-23(21,22)17(18,19)20)13-12-15-9-7-5-8-10-15/h5,7-10,12-14H,2-4,6,11H2,1H3/b13-12+,16-14+. The largest absolute Gasteiger partial charge is 0.501 e. The summed E-state index contributed by atoms with van der Waals surface area (Å²) in [7, 11) is -5.26. The number of sulfone groups is 1. The molecule has 0 aliphatic carbocycles. The van der Waals surface area contributed by atoms with Gasteiger partial charge in [-0.15, -0.1) is 0 Å². The van der Waals surface area contributed by atoms with Gasteiger partial charge in [0.2, 0.25) is 0 Å². The zero-order chi connectivity index (χ0) is 17.3. The lowest BCUT2D eigenvalue weighted by atomic mass is 10.1. The van der Waals surface area contributed by atoms with Crippen molar-refractivity contribution >= 4 is 15.9 Å². The molecule has 0 radical (unpaired) electrons. The van der Waals surface area contributed by atoms with Gasteiger partial charge in [-0.25, -0.2) is 8.42 Å². The lowest BCUT2D eigenvalue weighted by Gasteiger charge is -2.07.